The van der Waals surface area contributed by atoms with Crippen molar-refractivity contribution in [3.8, 4) is 5.75 Å². The van der Waals surface area contributed by atoms with Gasteiger partial charge in [0, 0.05) is 6.20 Å². The molecule has 64 valence electrons. The molecule has 2 rings (SSSR count). The average molecular weight is 249 g/mol. The van der Waals surface area contributed by atoms with Crippen molar-refractivity contribution in [2.75, 3.05) is 0 Å². The fourth-order valence-electron chi connectivity index (χ4n) is 0.849. The normalized spacial score (nSPS) is 16.2. The summed E-state index contributed by atoms with van der Waals surface area (Å²) in [6, 6.07) is 0. The van der Waals surface area contributed by atoms with Crippen LogP contribution in [0.3, 0.4) is 0 Å². The minimum atomic E-state index is 0.376. The van der Waals surface area contributed by atoms with Gasteiger partial charge in [-0.3, -0.25) is 4.98 Å². The van der Waals surface area contributed by atoms with Crippen LogP contribution in [-0.4, -0.2) is 11.1 Å². The molecular formula is C8H7BrClNO. The third-order valence-corrected chi connectivity index (χ3v) is 2.96. The number of nitrogens with zero attached hydrogens (tertiary/aromatic N) is 1. The van der Waals surface area contributed by atoms with Crippen molar-refractivity contribution in [2.24, 2.45) is 0 Å². The maximum absolute atomic E-state index is 5.83. The summed E-state index contributed by atoms with van der Waals surface area (Å²) in [5, 5.41) is 0.591. The first kappa shape index (κ1) is 8.32. The van der Waals surface area contributed by atoms with E-state index in [9.17, 15) is 0 Å². The highest BCUT2D eigenvalue weighted by atomic mass is 79.9. The van der Waals surface area contributed by atoms with E-state index in [-0.39, 0.29) is 0 Å². The van der Waals surface area contributed by atoms with E-state index in [0.29, 0.717) is 11.1 Å². The van der Waals surface area contributed by atoms with Crippen molar-refractivity contribution in [3.05, 3.63) is 21.9 Å². The second-order valence-corrected chi connectivity index (χ2v) is 3.95. The highest BCUT2D eigenvalue weighted by Gasteiger charge is 2.24. The van der Waals surface area contributed by atoms with Crippen molar-refractivity contribution in [1.29, 1.82) is 0 Å². The van der Waals surface area contributed by atoms with Gasteiger partial charge in [0.2, 0.25) is 0 Å². The van der Waals surface area contributed by atoms with Gasteiger partial charge < -0.3 is 4.74 Å². The first-order chi connectivity index (χ1) is 5.77. The molecule has 0 bridgehead atoms. The summed E-state index contributed by atoms with van der Waals surface area (Å²) in [5.74, 6) is 0.741. The first-order valence-corrected chi connectivity index (χ1v) is 4.90. The van der Waals surface area contributed by atoms with Crippen LogP contribution in [0.15, 0.2) is 16.9 Å². The lowest BCUT2D eigenvalue weighted by atomic mass is 10.4. The van der Waals surface area contributed by atoms with Crippen molar-refractivity contribution >= 4 is 27.5 Å². The molecule has 0 amide bonds. The smallest absolute Gasteiger partial charge is 0.153 e. The van der Waals surface area contributed by atoms with Crippen LogP contribution in [0.25, 0.3) is 0 Å². The number of aromatic nitrogens is 1. The molecule has 1 aromatic rings. The predicted octanol–water partition coefficient (Wildman–Crippen LogP) is 3.04. The SMILES string of the molecule is Clc1cncc(OC2CC2)c1Br. The minimum absolute atomic E-state index is 0.376. The van der Waals surface area contributed by atoms with Gasteiger partial charge in [0.1, 0.15) is 0 Å². The van der Waals surface area contributed by atoms with Gasteiger partial charge in [-0.1, -0.05) is 11.6 Å². The minimum Gasteiger partial charge on any atom is -0.488 e. The first-order valence-electron chi connectivity index (χ1n) is 3.73. The van der Waals surface area contributed by atoms with Crippen LogP contribution in [0.5, 0.6) is 5.75 Å². The Hall–Kier alpha value is -0.280. The third-order valence-electron chi connectivity index (χ3n) is 1.62. The number of ether oxygens (including phenoxy) is 1. The van der Waals surface area contributed by atoms with Crippen molar-refractivity contribution in [1.82, 2.24) is 4.98 Å². The summed E-state index contributed by atoms with van der Waals surface area (Å²) in [5.41, 5.74) is 0. The maximum atomic E-state index is 5.83. The molecule has 0 N–H and O–H groups in total. The Bertz CT molecular complexity index is 301. The Morgan fingerprint density at radius 3 is 2.92 bits per heavy atom. The zero-order valence-corrected chi connectivity index (χ0v) is 8.60. The molecule has 1 heterocycles. The Morgan fingerprint density at radius 1 is 1.50 bits per heavy atom. The summed E-state index contributed by atoms with van der Waals surface area (Å²) in [7, 11) is 0. The second kappa shape index (κ2) is 3.23. The number of rotatable bonds is 2. The van der Waals surface area contributed by atoms with Gasteiger partial charge in [-0.05, 0) is 28.8 Å². The Labute approximate surface area is 84.0 Å². The van der Waals surface area contributed by atoms with Crippen molar-refractivity contribution < 1.29 is 4.74 Å². The Balaban J connectivity index is 2.23. The molecule has 1 saturated carbocycles. The van der Waals surface area contributed by atoms with E-state index in [1.165, 1.54) is 0 Å². The quantitative estimate of drug-likeness (QED) is 0.802. The Kier molecular flexibility index (Phi) is 2.24. The van der Waals surface area contributed by atoms with E-state index < -0.39 is 0 Å². The molecule has 0 atom stereocenters. The molecule has 1 aromatic heterocycles. The molecule has 1 aliphatic carbocycles. The molecule has 1 fully saturated rings. The lowest BCUT2D eigenvalue weighted by Gasteiger charge is -2.06. The number of halogens is 2. The molecule has 0 spiro atoms. The van der Waals surface area contributed by atoms with Gasteiger partial charge in [0.25, 0.3) is 0 Å². The average Bonchev–Trinajstić information content (AvgIpc) is 2.83. The summed E-state index contributed by atoms with van der Waals surface area (Å²) >= 11 is 9.17. The molecule has 12 heavy (non-hydrogen) atoms. The van der Waals surface area contributed by atoms with Gasteiger partial charge in [-0.2, -0.15) is 0 Å². The topological polar surface area (TPSA) is 22.1 Å². The van der Waals surface area contributed by atoms with Gasteiger partial charge in [-0.15, -0.1) is 0 Å². The molecule has 0 radical (unpaired) electrons. The van der Waals surface area contributed by atoms with Crippen LogP contribution in [-0.2, 0) is 0 Å². The van der Waals surface area contributed by atoms with E-state index in [4.69, 9.17) is 16.3 Å². The summed E-state index contributed by atoms with van der Waals surface area (Å²) in [6.45, 7) is 0. The monoisotopic (exact) mass is 247 g/mol. The summed E-state index contributed by atoms with van der Waals surface area (Å²) < 4.78 is 6.34. The van der Waals surface area contributed by atoms with Crippen LogP contribution in [0.1, 0.15) is 12.8 Å². The van der Waals surface area contributed by atoms with Crippen molar-refractivity contribution in [2.45, 2.75) is 18.9 Å². The number of hydrogen-bond donors (Lipinski definition) is 0. The van der Waals surface area contributed by atoms with Crippen LogP contribution in [0, 0.1) is 0 Å². The van der Waals surface area contributed by atoms with Crippen LogP contribution >= 0.6 is 27.5 Å². The molecule has 1 aliphatic rings. The van der Waals surface area contributed by atoms with E-state index in [0.717, 1.165) is 23.1 Å². The lowest BCUT2D eigenvalue weighted by Crippen LogP contribution is -1.97. The Morgan fingerprint density at radius 2 is 2.25 bits per heavy atom. The molecule has 0 aromatic carbocycles. The van der Waals surface area contributed by atoms with E-state index in [1.54, 1.807) is 12.4 Å². The molecule has 0 unspecified atom stereocenters. The van der Waals surface area contributed by atoms with E-state index >= 15 is 0 Å². The third kappa shape index (κ3) is 1.72. The van der Waals surface area contributed by atoms with Crippen molar-refractivity contribution in [3.63, 3.8) is 0 Å². The van der Waals surface area contributed by atoms with E-state index in [2.05, 4.69) is 20.9 Å². The molecule has 0 saturated heterocycles. The fraction of sp³-hybridized carbons (Fsp3) is 0.375. The molecule has 2 nitrogen and oxygen atoms in total. The molecule has 4 heteroatoms. The highest BCUT2D eigenvalue weighted by Crippen LogP contribution is 2.35. The zero-order valence-electron chi connectivity index (χ0n) is 6.26. The highest BCUT2D eigenvalue weighted by molar-refractivity contribution is 9.10. The summed E-state index contributed by atoms with van der Waals surface area (Å²) in [6.07, 6.45) is 5.92. The van der Waals surface area contributed by atoms with Crippen LogP contribution in [0.4, 0.5) is 0 Å². The zero-order chi connectivity index (χ0) is 8.55. The lowest BCUT2D eigenvalue weighted by molar-refractivity contribution is 0.300. The van der Waals surface area contributed by atoms with Crippen LogP contribution < -0.4 is 4.74 Å². The van der Waals surface area contributed by atoms with Gasteiger partial charge in [-0.25, -0.2) is 0 Å². The largest absolute Gasteiger partial charge is 0.488 e. The summed E-state index contributed by atoms with van der Waals surface area (Å²) in [4.78, 5) is 3.94. The molecular weight excluding hydrogens is 241 g/mol. The molecule has 0 aliphatic heterocycles. The van der Waals surface area contributed by atoms with Gasteiger partial charge in [0.05, 0.1) is 21.8 Å². The number of pyridine rings is 1. The van der Waals surface area contributed by atoms with Gasteiger partial charge in [0.15, 0.2) is 5.75 Å². The number of hydrogen-bond acceptors (Lipinski definition) is 2. The van der Waals surface area contributed by atoms with Gasteiger partial charge >= 0.3 is 0 Å². The maximum Gasteiger partial charge on any atom is 0.153 e. The standard InChI is InChI=1S/C8H7BrClNO/c9-8-6(10)3-11-4-7(8)12-5-1-2-5/h3-5H,1-2H2. The second-order valence-electron chi connectivity index (χ2n) is 2.75. The van der Waals surface area contributed by atoms with E-state index in [1.807, 2.05) is 0 Å². The fourth-order valence-corrected chi connectivity index (χ4v) is 1.30. The van der Waals surface area contributed by atoms with Crippen LogP contribution in [0.2, 0.25) is 5.02 Å². The predicted molar refractivity (Wildman–Crippen MR) is 50.6 cm³/mol.